The Bertz CT molecular complexity index is 2230. The molecule has 11 nitrogen and oxygen atoms in total. The fourth-order valence-electron chi connectivity index (χ4n) is 6.97. The quantitative estimate of drug-likeness (QED) is 0.0644. The van der Waals surface area contributed by atoms with Crippen LogP contribution in [0.1, 0.15) is 59.8 Å². The van der Waals surface area contributed by atoms with Gasteiger partial charge < -0.3 is 23.7 Å². The van der Waals surface area contributed by atoms with Crippen molar-refractivity contribution in [1.82, 2.24) is 14.5 Å². The first-order valence-corrected chi connectivity index (χ1v) is 25.9. The molecule has 0 N–H and O–H groups in total. The zero-order valence-corrected chi connectivity index (χ0v) is 38.2. The highest BCUT2D eigenvalue weighted by Crippen LogP contribution is 2.53. The first-order chi connectivity index (χ1) is 27.8. The van der Waals surface area contributed by atoms with Crippen LogP contribution in [0.5, 0.6) is 6.01 Å². The molecule has 2 aliphatic rings. The van der Waals surface area contributed by atoms with E-state index in [-0.39, 0.29) is 25.0 Å². The Morgan fingerprint density at radius 1 is 0.814 bits per heavy atom. The summed E-state index contributed by atoms with van der Waals surface area (Å²) in [6.07, 6.45) is -0.544. The fraction of sp³-hybridized carbons (Fsp3) is 0.467. The Morgan fingerprint density at radius 3 is 2.07 bits per heavy atom. The number of halogens is 1. The van der Waals surface area contributed by atoms with Crippen molar-refractivity contribution in [1.29, 1.82) is 0 Å². The van der Waals surface area contributed by atoms with E-state index in [0.717, 1.165) is 28.3 Å². The van der Waals surface area contributed by atoms with Crippen molar-refractivity contribution >= 4 is 43.7 Å². The minimum absolute atomic E-state index is 0.174. The number of ether oxygens (including phenoxy) is 5. The van der Waals surface area contributed by atoms with Gasteiger partial charge in [0.05, 0.1) is 52.1 Å². The summed E-state index contributed by atoms with van der Waals surface area (Å²) in [5.74, 6) is 0. The summed E-state index contributed by atoms with van der Waals surface area (Å²) in [5, 5.41) is 0.981. The zero-order valence-electron chi connectivity index (χ0n) is 35.6. The molecule has 4 heterocycles. The molecule has 2 saturated heterocycles. The number of aromatic nitrogens is 3. The second-order valence-electron chi connectivity index (χ2n) is 18.5. The van der Waals surface area contributed by atoms with Crippen molar-refractivity contribution < 1.29 is 37.3 Å². The van der Waals surface area contributed by atoms with Crippen LogP contribution >= 0.6 is 19.2 Å². The van der Waals surface area contributed by atoms with Crippen LogP contribution in [0.3, 0.4) is 0 Å². The first kappa shape index (κ1) is 43.7. The lowest BCUT2D eigenvalue weighted by atomic mass is 10.0. The van der Waals surface area contributed by atoms with Crippen molar-refractivity contribution in [2.45, 2.75) is 116 Å². The topological polar surface area (TPSA) is 112 Å². The molecule has 5 aromatic rings. The molecule has 0 aliphatic carbocycles. The Hall–Kier alpha value is -3.42. The van der Waals surface area contributed by atoms with Crippen LogP contribution in [0.2, 0.25) is 30.7 Å². The lowest BCUT2D eigenvalue weighted by molar-refractivity contribution is -0.286. The number of pyridine rings is 1. The number of nitrogens with zero attached hydrogens (tertiary/aromatic N) is 3. The Balaban J connectivity index is 1.11. The van der Waals surface area contributed by atoms with Crippen LogP contribution in [0.4, 0.5) is 0 Å². The van der Waals surface area contributed by atoms with Gasteiger partial charge in [0.25, 0.3) is 0 Å². The molecule has 0 radical (unpaired) electrons. The van der Waals surface area contributed by atoms with E-state index < -0.39 is 33.2 Å². The van der Waals surface area contributed by atoms with Crippen LogP contribution in [0, 0.1) is 0 Å². The van der Waals surface area contributed by atoms with Gasteiger partial charge in [-0.3, -0.25) is 18.2 Å². The van der Waals surface area contributed by atoms with Crippen molar-refractivity contribution in [3.63, 3.8) is 0 Å². The summed E-state index contributed by atoms with van der Waals surface area (Å²) in [6.45, 7) is 19.9. The van der Waals surface area contributed by atoms with Gasteiger partial charge in [0.2, 0.25) is 0 Å². The smallest absolute Gasteiger partial charge is 0.362 e. The van der Waals surface area contributed by atoms with Crippen LogP contribution in [0.25, 0.3) is 33.5 Å². The van der Waals surface area contributed by atoms with Crippen LogP contribution in [-0.2, 0) is 39.3 Å². The summed E-state index contributed by atoms with van der Waals surface area (Å²) in [5.41, 5.74) is 4.19. The Morgan fingerprint density at radius 2 is 1.44 bits per heavy atom. The lowest BCUT2D eigenvalue weighted by Crippen LogP contribution is -2.50. The predicted molar refractivity (Wildman–Crippen MR) is 235 cm³/mol. The van der Waals surface area contributed by atoms with Gasteiger partial charge in [-0.15, -0.1) is 0 Å². The third kappa shape index (κ3) is 11.1. The minimum Gasteiger partial charge on any atom is -0.459 e. The molecule has 4 atom stereocenters. The molecule has 2 fully saturated rings. The van der Waals surface area contributed by atoms with Gasteiger partial charge in [0.15, 0.2) is 11.9 Å². The van der Waals surface area contributed by atoms with Gasteiger partial charge in [-0.2, -0.15) is 4.98 Å². The summed E-state index contributed by atoms with van der Waals surface area (Å²) < 4.78 is 59.4. The average molecular weight is 862 g/mol. The molecular weight excluding hydrogens is 805 g/mol. The van der Waals surface area contributed by atoms with Gasteiger partial charge in [-0.25, -0.2) is 4.98 Å². The van der Waals surface area contributed by atoms with E-state index in [2.05, 4.69) is 19.6 Å². The van der Waals surface area contributed by atoms with Crippen molar-refractivity contribution in [2.24, 2.45) is 0 Å². The van der Waals surface area contributed by atoms with Gasteiger partial charge in [-0.1, -0.05) is 98.0 Å². The summed E-state index contributed by atoms with van der Waals surface area (Å²) in [6, 6.07) is 28.7. The molecule has 0 amide bonds. The monoisotopic (exact) mass is 861 g/mol. The third-order valence-corrected chi connectivity index (χ3v) is 14.3. The van der Waals surface area contributed by atoms with E-state index >= 15 is 0 Å². The van der Waals surface area contributed by atoms with E-state index in [4.69, 9.17) is 54.3 Å². The predicted octanol–water partition coefficient (Wildman–Crippen LogP) is 10.8. The first-order valence-electron chi connectivity index (χ1n) is 20.3. The second-order valence-corrected chi connectivity index (χ2v) is 26.4. The van der Waals surface area contributed by atoms with E-state index in [1.165, 1.54) is 0 Å². The van der Waals surface area contributed by atoms with Gasteiger partial charge in [0, 0.05) is 32.2 Å². The largest absolute Gasteiger partial charge is 0.459 e. The minimum atomic E-state index is -3.61. The maximum atomic E-state index is 14.1. The summed E-state index contributed by atoms with van der Waals surface area (Å²) >= 11 is 7.00. The molecular formula is C45H57ClN3O8PSi. The molecule has 2 aliphatic heterocycles. The molecule has 0 spiro atoms. The van der Waals surface area contributed by atoms with Crippen molar-refractivity contribution in [2.75, 3.05) is 19.8 Å². The summed E-state index contributed by atoms with van der Waals surface area (Å²) in [4.78, 5) is 9.87. The molecule has 14 heteroatoms. The molecule has 59 heavy (non-hydrogen) atoms. The maximum absolute atomic E-state index is 14.1. The van der Waals surface area contributed by atoms with Gasteiger partial charge >= 0.3 is 13.6 Å². The third-order valence-electron chi connectivity index (χ3n) is 9.80. The maximum Gasteiger partial charge on any atom is 0.362 e. The number of rotatable bonds is 13. The molecule has 1 unspecified atom stereocenters. The second kappa shape index (κ2) is 17.5. The average Bonchev–Trinajstić information content (AvgIpc) is 3.49. The number of hydrogen-bond acceptors (Lipinski definition) is 10. The lowest BCUT2D eigenvalue weighted by Gasteiger charge is -2.41. The standard InChI is InChI=1S/C45H57ClN3O8PSi/c1-44(2,3)56-58(50,57-45(4,5)6)35-21-19-31(20-22-35)30-15-17-32(18-16-30)40-36(46)26-37-41(47-40)48-43(49(37)29-51-23-24-59(7,8)9)54-34-25-38-39(52-27-34)28-53-42(55-38)33-13-11-10-12-14-33/h10-22,26,34,38-39,42H,23-25,27-29H2,1-9H3/t34-,38+,39-,42?/m1/s1. The van der Waals surface area contributed by atoms with E-state index in [1.807, 2.05) is 131 Å². The number of benzene rings is 3. The molecule has 2 aromatic heterocycles. The van der Waals surface area contributed by atoms with Gasteiger partial charge in [-0.05, 0) is 76.9 Å². The highest BCUT2D eigenvalue weighted by atomic mass is 35.5. The van der Waals surface area contributed by atoms with Gasteiger partial charge in [0.1, 0.15) is 18.9 Å². The number of fused-ring (bicyclic) bond motifs is 2. The van der Waals surface area contributed by atoms with E-state index in [1.54, 1.807) is 0 Å². The Labute approximate surface area is 354 Å². The molecule has 7 rings (SSSR count). The molecule has 316 valence electrons. The zero-order chi connectivity index (χ0) is 42.2. The van der Waals surface area contributed by atoms with E-state index in [0.29, 0.717) is 59.4 Å². The molecule has 0 bridgehead atoms. The SMILES string of the molecule is CC(C)(C)OP(=O)(OC(C)(C)C)c1ccc(-c2ccc(-c3nc4nc(O[C@H]5CO[C@@H]6COC(c7ccccc7)O[C@H]6C5)n(COCC[Si](C)(C)C)c4cc3Cl)cc2)cc1. The highest BCUT2D eigenvalue weighted by molar-refractivity contribution is 7.62. The molecule has 0 saturated carbocycles. The summed E-state index contributed by atoms with van der Waals surface area (Å²) in [7, 11) is -4.92. The normalized spacial score (nSPS) is 20.4. The molecule has 3 aromatic carbocycles. The fourth-order valence-corrected chi connectivity index (χ4v) is 10.2. The van der Waals surface area contributed by atoms with Crippen molar-refractivity contribution in [3.8, 4) is 28.4 Å². The van der Waals surface area contributed by atoms with E-state index in [9.17, 15) is 4.57 Å². The van der Waals surface area contributed by atoms with Crippen molar-refractivity contribution in [3.05, 3.63) is 95.5 Å². The number of imidazole rings is 1. The Kier molecular flexibility index (Phi) is 13.0. The van der Waals surface area contributed by atoms with Crippen LogP contribution < -0.4 is 10.0 Å². The van der Waals surface area contributed by atoms with Crippen LogP contribution in [-0.4, -0.2) is 71.9 Å². The highest BCUT2D eigenvalue weighted by Gasteiger charge is 2.40. The van der Waals surface area contributed by atoms with Crippen LogP contribution in [0.15, 0.2) is 84.9 Å². The number of hydrogen-bond donors (Lipinski definition) is 0.